The summed E-state index contributed by atoms with van der Waals surface area (Å²) >= 11 is 0. The van der Waals surface area contributed by atoms with Crippen LogP contribution in [-0.4, -0.2) is 17.2 Å². The van der Waals surface area contributed by atoms with Gasteiger partial charge in [-0.25, -0.2) is 0 Å². The van der Waals surface area contributed by atoms with Crippen molar-refractivity contribution in [2.24, 2.45) is 0 Å². The zero-order chi connectivity index (χ0) is 7.98. The van der Waals surface area contributed by atoms with Crippen molar-refractivity contribution in [3.8, 4) is 0 Å². The summed E-state index contributed by atoms with van der Waals surface area (Å²) in [7, 11) is -1.39. The van der Waals surface area contributed by atoms with E-state index in [-0.39, 0.29) is 0 Å². The van der Waals surface area contributed by atoms with Gasteiger partial charge in [-0.05, 0) is 12.4 Å². The molecule has 0 saturated carbocycles. The first-order valence-corrected chi connectivity index (χ1v) is 3.03. The molecule has 0 aromatic carbocycles. The first-order valence-electron chi connectivity index (χ1n) is 3.03. The minimum atomic E-state index is -1.39. The average molecular weight is 138 g/mol. The summed E-state index contributed by atoms with van der Waals surface area (Å²) in [5, 5.41) is 17.3. The van der Waals surface area contributed by atoms with E-state index in [1.54, 1.807) is 31.2 Å². The fourth-order valence-electron chi connectivity index (χ4n) is 0.511. The van der Waals surface area contributed by atoms with Crippen LogP contribution in [-0.2, 0) is 0 Å². The Bertz CT molecular complexity index is 159. The third kappa shape index (κ3) is 3.27. The summed E-state index contributed by atoms with van der Waals surface area (Å²) in [6.45, 7) is 5.19. The first kappa shape index (κ1) is 9.20. The van der Waals surface area contributed by atoms with Crippen LogP contribution in [0.15, 0.2) is 36.4 Å². The molecule has 10 heavy (non-hydrogen) atoms. The molecular weight excluding hydrogens is 127 g/mol. The molecule has 0 fully saturated rings. The van der Waals surface area contributed by atoms with Crippen LogP contribution in [0.3, 0.4) is 0 Å². The monoisotopic (exact) mass is 138 g/mol. The van der Waals surface area contributed by atoms with Gasteiger partial charge in [0.25, 0.3) is 0 Å². The summed E-state index contributed by atoms with van der Waals surface area (Å²) in [5.74, 6) is 0. The van der Waals surface area contributed by atoms with Crippen LogP contribution in [0.5, 0.6) is 0 Å². The van der Waals surface area contributed by atoms with E-state index in [0.29, 0.717) is 5.47 Å². The van der Waals surface area contributed by atoms with E-state index in [9.17, 15) is 0 Å². The molecule has 54 valence electrons. The van der Waals surface area contributed by atoms with Gasteiger partial charge in [0, 0.05) is 0 Å². The predicted octanol–water partition coefficient (Wildman–Crippen LogP) is 0.687. The highest BCUT2D eigenvalue weighted by Gasteiger charge is 2.08. The lowest BCUT2D eigenvalue weighted by Crippen LogP contribution is -2.13. The molecule has 0 spiro atoms. The van der Waals surface area contributed by atoms with Crippen LogP contribution in [0.25, 0.3) is 0 Å². The maximum Gasteiger partial charge on any atom is 0.488 e. The molecule has 0 aromatic heterocycles. The van der Waals surface area contributed by atoms with E-state index in [0.717, 1.165) is 0 Å². The smallest absolute Gasteiger partial charge is 0.423 e. The van der Waals surface area contributed by atoms with Crippen molar-refractivity contribution in [3.05, 3.63) is 36.4 Å². The average Bonchev–Trinajstić information content (AvgIpc) is 1.89. The number of hydrogen-bond acceptors (Lipinski definition) is 2. The molecule has 0 rings (SSSR count). The minimum absolute atomic E-state index is 0.472. The topological polar surface area (TPSA) is 40.5 Å². The maximum absolute atomic E-state index is 8.64. The van der Waals surface area contributed by atoms with Crippen molar-refractivity contribution in [1.29, 1.82) is 0 Å². The van der Waals surface area contributed by atoms with Crippen LogP contribution in [0.4, 0.5) is 0 Å². The first-order chi connectivity index (χ1) is 4.72. The largest absolute Gasteiger partial charge is 0.488 e. The zero-order valence-corrected chi connectivity index (χ0v) is 5.99. The molecule has 0 aliphatic rings. The third-order valence-corrected chi connectivity index (χ3v) is 1.06. The van der Waals surface area contributed by atoms with Crippen molar-refractivity contribution in [1.82, 2.24) is 0 Å². The third-order valence-electron chi connectivity index (χ3n) is 1.06. The summed E-state index contributed by atoms with van der Waals surface area (Å²) in [6, 6.07) is 0. The summed E-state index contributed by atoms with van der Waals surface area (Å²) < 4.78 is 0. The van der Waals surface area contributed by atoms with Crippen LogP contribution < -0.4 is 0 Å². The van der Waals surface area contributed by atoms with Crippen molar-refractivity contribution < 1.29 is 10.0 Å². The number of allylic oxidation sites excluding steroid dienone is 5. The standard InChI is InChI=1S/C7H11BO2/c1-3-5-6-7(4-2)8(9)10/h3-6,9-10H,1H2,2H3. The molecular formula is C7H11BO2. The number of rotatable bonds is 3. The molecule has 0 radical (unpaired) electrons. The van der Waals surface area contributed by atoms with Gasteiger partial charge in [0.1, 0.15) is 0 Å². The molecule has 0 bridgehead atoms. The lowest BCUT2D eigenvalue weighted by molar-refractivity contribution is 0.420. The van der Waals surface area contributed by atoms with Crippen LogP contribution in [0, 0.1) is 0 Å². The Morgan fingerprint density at radius 2 is 2.10 bits per heavy atom. The maximum atomic E-state index is 8.64. The van der Waals surface area contributed by atoms with Crippen molar-refractivity contribution in [3.63, 3.8) is 0 Å². The second-order valence-electron chi connectivity index (χ2n) is 1.76. The van der Waals surface area contributed by atoms with Gasteiger partial charge in [0.05, 0.1) is 0 Å². The molecule has 0 saturated heterocycles. The van der Waals surface area contributed by atoms with Crippen molar-refractivity contribution in [2.75, 3.05) is 0 Å². The molecule has 0 aliphatic heterocycles. The highest BCUT2D eigenvalue weighted by atomic mass is 16.4. The lowest BCUT2D eigenvalue weighted by Gasteiger charge is -1.95. The van der Waals surface area contributed by atoms with Gasteiger partial charge in [0.15, 0.2) is 0 Å². The highest BCUT2D eigenvalue weighted by molar-refractivity contribution is 6.51. The number of hydrogen-bond donors (Lipinski definition) is 2. The summed E-state index contributed by atoms with van der Waals surface area (Å²) in [4.78, 5) is 0. The molecule has 0 heterocycles. The van der Waals surface area contributed by atoms with Gasteiger partial charge in [-0.3, -0.25) is 0 Å². The molecule has 0 aliphatic carbocycles. The van der Waals surface area contributed by atoms with Gasteiger partial charge in [-0.2, -0.15) is 0 Å². The van der Waals surface area contributed by atoms with E-state index in [2.05, 4.69) is 6.58 Å². The molecule has 0 unspecified atom stereocenters. The molecule has 2 N–H and O–H groups in total. The van der Waals surface area contributed by atoms with Gasteiger partial charge in [-0.1, -0.05) is 30.9 Å². The minimum Gasteiger partial charge on any atom is -0.423 e. The summed E-state index contributed by atoms with van der Waals surface area (Å²) in [5.41, 5.74) is 0.472. The Morgan fingerprint density at radius 3 is 2.40 bits per heavy atom. The van der Waals surface area contributed by atoms with Gasteiger partial charge in [0.2, 0.25) is 0 Å². The van der Waals surface area contributed by atoms with Crippen LogP contribution in [0.1, 0.15) is 6.92 Å². The van der Waals surface area contributed by atoms with E-state index in [4.69, 9.17) is 10.0 Å². The Hall–Kier alpha value is -0.795. The molecule has 3 heteroatoms. The molecule has 0 aromatic rings. The molecule has 0 amide bonds. The fraction of sp³-hybridized carbons (Fsp3) is 0.143. The fourth-order valence-corrected chi connectivity index (χ4v) is 0.511. The highest BCUT2D eigenvalue weighted by Crippen LogP contribution is 1.97. The zero-order valence-electron chi connectivity index (χ0n) is 5.99. The van der Waals surface area contributed by atoms with E-state index in [1.165, 1.54) is 0 Å². The Labute approximate surface area is 61.3 Å². The SMILES string of the molecule is C=CC=CC(=CC)B(O)O. The Balaban J connectivity index is 4.10. The second-order valence-corrected chi connectivity index (χ2v) is 1.76. The van der Waals surface area contributed by atoms with Crippen LogP contribution in [0.2, 0.25) is 0 Å². The van der Waals surface area contributed by atoms with E-state index < -0.39 is 7.12 Å². The van der Waals surface area contributed by atoms with Crippen LogP contribution >= 0.6 is 0 Å². The second kappa shape index (κ2) is 5.03. The molecule has 0 atom stereocenters. The molecule has 2 nitrogen and oxygen atoms in total. The van der Waals surface area contributed by atoms with Crippen molar-refractivity contribution >= 4 is 7.12 Å². The Kier molecular flexibility index (Phi) is 4.63. The Morgan fingerprint density at radius 1 is 1.50 bits per heavy atom. The summed E-state index contributed by atoms with van der Waals surface area (Å²) in [6.07, 6.45) is 6.45. The van der Waals surface area contributed by atoms with Gasteiger partial charge < -0.3 is 10.0 Å². The lowest BCUT2D eigenvalue weighted by atomic mass is 9.79. The van der Waals surface area contributed by atoms with Gasteiger partial charge >= 0.3 is 7.12 Å². The van der Waals surface area contributed by atoms with E-state index in [1.807, 2.05) is 0 Å². The normalized spacial score (nSPS) is 12.1. The van der Waals surface area contributed by atoms with Gasteiger partial charge in [-0.15, -0.1) is 0 Å². The van der Waals surface area contributed by atoms with E-state index >= 15 is 0 Å². The van der Waals surface area contributed by atoms with Crippen molar-refractivity contribution in [2.45, 2.75) is 6.92 Å². The predicted molar refractivity (Wildman–Crippen MR) is 43.3 cm³/mol. The quantitative estimate of drug-likeness (QED) is 0.444.